The zero-order valence-electron chi connectivity index (χ0n) is 10.7. The van der Waals surface area contributed by atoms with Crippen molar-refractivity contribution >= 4 is 28.2 Å². The second kappa shape index (κ2) is 5.35. The minimum absolute atomic E-state index is 0.198. The van der Waals surface area contributed by atoms with Gasteiger partial charge in [0.1, 0.15) is 17.2 Å². The van der Waals surface area contributed by atoms with Crippen LogP contribution in [-0.2, 0) is 6.61 Å². The Morgan fingerprint density at radius 2 is 1.75 bits per heavy atom. The van der Waals surface area contributed by atoms with Crippen molar-refractivity contribution in [2.75, 3.05) is 0 Å². The molecule has 4 heteroatoms. The molecule has 0 radical (unpaired) electrons. The summed E-state index contributed by atoms with van der Waals surface area (Å²) in [7, 11) is 0. The Labute approximate surface area is 122 Å². The van der Waals surface area contributed by atoms with E-state index >= 15 is 0 Å². The molecule has 3 rings (SSSR count). The van der Waals surface area contributed by atoms with Gasteiger partial charge in [0, 0.05) is 0 Å². The molecular formula is C16H13NO2S. The standard InChI is InChI=1S/C16H13NO2S/c17-16(20)15-14(12-8-4-5-9-13(12)19-15)18-10-11-6-2-1-3-7-11/h1-9H,10H2,(H2,17,20). The molecule has 1 aromatic heterocycles. The van der Waals surface area contributed by atoms with Crippen molar-refractivity contribution in [1.29, 1.82) is 0 Å². The second-order valence-electron chi connectivity index (χ2n) is 4.39. The number of nitrogens with two attached hydrogens (primary N) is 1. The van der Waals surface area contributed by atoms with Crippen molar-refractivity contribution in [2.45, 2.75) is 6.61 Å². The Bertz CT molecular complexity index is 750. The Morgan fingerprint density at radius 1 is 1.05 bits per heavy atom. The highest BCUT2D eigenvalue weighted by atomic mass is 32.1. The van der Waals surface area contributed by atoms with Gasteiger partial charge in [0.15, 0.2) is 5.75 Å². The molecule has 0 fully saturated rings. The van der Waals surface area contributed by atoms with Gasteiger partial charge in [-0.3, -0.25) is 0 Å². The Hall–Kier alpha value is -2.33. The van der Waals surface area contributed by atoms with Crippen LogP contribution in [0, 0.1) is 0 Å². The zero-order chi connectivity index (χ0) is 13.9. The van der Waals surface area contributed by atoms with E-state index in [0.717, 1.165) is 16.5 Å². The summed E-state index contributed by atoms with van der Waals surface area (Å²) >= 11 is 5.03. The van der Waals surface area contributed by atoms with Crippen molar-refractivity contribution in [2.24, 2.45) is 5.73 Å². The fourth-order valence-corrected chi connectivity index (χ4v) is 2.19. The van der Waals surface area contributed by atoms with Gasteiger partial charge >= 0.3 is 0 Å². The molecule has 0 saturated heterocycles. The predicted molar refractivity (Wildman–Crippen MR) is 82.9 cm³/mol. The number of hydrogen-bond acceptors (Lipinski definition) is 3. The van der Waals surface area contributed by atoms with Gasteiger partial charge in [-0.15, -0.1) is 0 Å². The summed E-state index contributed by atoms with van der Waals surface area (Å²) in [6.07, 6.45) is 0. The summed E-state index contributed by atoms with van der Waals surface area (Å²) in [5.41, 5.74) is 7.50. The minimum atomic E-state index is 0.198. The highest BCUT2D eigenvalue weighted by molar-refractivity contribution is 7.80. The van der Waals surface area contributed by atoms with Crippen LogP contribution in [0.4, 0.5) is 0 Å². The fraction of sp³-hybridized carbons (Fsp3) is 0.0625. The third kappa shape index (κ3) is 2.38. The van der Waals surface area contributed by atoms with Gasteiger partial charge in [0.05, 0.1) is 5.39 Å². The molecule has 0 unspecified atom stereocenters. The van der Waals surface area contributed by atoms with Gasteiger partial charge in [0.2, 0.25) is 5.76 Å². The molecule has 0 spiro atoms. The molecule has 0 aliphatic heterocycles. The first-order chi connectivity index (χ1) is 9.75. The van der Waals surface area contributed by atoms with E-state index in [1.54, 1.807) is 0 Å². The third-order valence-corrected chi connectivity index (χ3v) is 3.19. The first-order valence-corrected chi connectivity index (χ1v) is 6.64. The minimum Gasteiger partial charge on any atom is -0.484 e. The summed E-state index contributed by atoms with van der Waals surface area (Å²) in [4.78, 5) is 0.198. The Balaban J connectivity index is 1.97. The Kier molecular flexibility index (Phi) is 3.39. The van der Waals surface area contributed by atoms with E-state index < -0.39 is 0 Å². The van der Waals surface area contributed by atoms with E-state index in [4.69, 9.17) is 27.1 Å². The summed E-state index contributed by atoms with van der Waals surface area (Å²) in [5, 5.41) is 0.881. The lowest BCUT2D eigenvalue weighted by Gasteiger charge is -2.06. The van der Waals surface area contributed by atoms with Crippen LogP contribution in [0.3, 0.4) is 0 Å². The van der Waals surface area contributed by atoms with E-state index in [-0.39, 0.29) is 4.99 Å². The van der Waals surface area contributed by atoms with Crippen LogP contribution in [-0.4, -0.2) is 4.99 Å². The molecule has 0 aliphatic rings. The number of benzene rings is 2. The SMILES string of the molecule is NC(=S)c1oc2ccccc2c1OCc1ccccc1. The van der Waals surface area contributed by atoms with Gasteiger partial charge in [0.25, 0.3) is 0 Å². The average molecular weight is 283 g/mol. The maximum absolute atomic E-state index is 5.88. The smallest absolute Gasteiger partial charge is 0.204 e. The zero-order valence-corrected chi connectivity index (χ0v) is 11.5. The highest BCUT2D eigenvalue weighted by Crippen LogP contribution is 2.33. The van der Waals surface area contributed by atoms with Crippen molar-refractivity contribution in [3.8, 4) is 5.75 Å². The number of thiocarbonyl (C=S) groups is 1. The quantitative estimate of drug-likeness (QED) is 0.743. The van der Waals surface area contributed by atoms with Gasteiger partial charge in [-0.25, -0.2) is 0 Å². The molecule has 100 valence electrons. The molecule has 3 aromatic rings. The normalized spacial score (nSPS) is 10.6. The molecule has 3 nitrogen and oxygen atoms in total. The monoisotopic (exact) mass is 283 g/mol. The van der Waals surface area contributed by atoms with Gasteiger partial charge < -0.3 is 14.9 Å². The van der Waals surface area contributed by atoms with Crippen LogP contribution >= 0.6 is 12.2 Å². The van der Waals surface area contributed by atoms with Crippen molar-refractivity contribution in [3.05, 3.63) is 65.9 Å². The summed E-state index contributed by atoms with van der Waals surface area (Å²) < 4.78 is 11.5. The third-order valence-electron chi connectivity index (χ3n) is 3.00. The highest BCUT2D eigenvalue weighted by Gasteiger charge is 2.17. The lowest BCUT2D eigenvalue weighted by molar-refractivity contribution is 0.304. The first kappa shape index (κ1) is 12.7. The number of fused-ring (bicyclic) bond motifs is 1. The lowest BCUT2D eigenvalue weighted by Crippen LogP contribution is -2.10. The summed E-state index contributed by atoms with van der Waals surface area (Å²) in [6, 6.07) is 17.5. The van der Waals surface area contributed by atoms with E-state index in [9.17, 15) is 0 Å². The van der Waals surface area contributed by atoms with Crippen molar-refractivity contribution in [3.63, 3.8) is 0 Å². The first-order valence-electron chi connectivity index (χ1n) is 6.24. The molecule has 0 amide bonds. The van der Waals surface area contributed by atoms with E-state index in [2.05, 4.69) is 0 Å². The average Bonchev–Trinajstić information content (AvgIpc) is 2.85. The molecule has 1 heterocycles. The van der Waals surface area contributed by atoms with E-state index in [1.807, 2.05) is 54.6 Å². The van der Waals surface area contributed by atoms with Gasteiger partial charge in [-0.2, -0.15) is 0 Å². The van der Waals surface area contributed by atoms with Crippen molar-refractivity contribution < 1.29 is 9.15 Å². The number of hydrogen-bond donors (Lipinski definition) is 1. The van der Waals surface area contributed by atoms with Crippen molar-refractivity contribution in [1.82, 2.24) is 0 Å². The number of ether oxygens (including phenoxy) is 1. The second-order valence-corrected chi connectivity index (χ2v) is 4.83. The van der Waals surface area contributed by atoms with Gasteiger partial charge in [-0.1, -0.05) is 54.7 Å². The number of para-hydroxylation sites is 1. The molecule has 0 aliphatic carbocycles. The lowest BCUT2D eigenvalue weighted by atomic mass is 10.2. The maximum Gasteiger partial charge on any atom is 0.204 e. The molecule has 20 heavy (non-hydrogen) atoms. The van der Waals surface area contributed by atoms with Crippen LogP contribution in [0.25, 0.3) is 11.0 Å². The van der Waals surface area contributed by atoms with E-state index in [0.29, 0.717) is 18.1 Å². The maximum atomic E-state index is 5.88. The molecule has 2 aromatic carbocycles. The Morgan fingerprint density at radius 3 is 2.50 bits per heavy atom. The topological polar surface area (TPSA) is 48.4 Å². The van der Waals surface area contributed by atoms with Crippen LogP contribution < -0.4 is 10.5 Å². The largest absolute Gasteiger partial charge is 0.484 e. The van der Waals surface area contributed by atoms with Crippen LogP contribution in [0.1, 0.15) is 11.3 Å². The van der Waals surface area contributed by atoms with Crippen LogP contribution in [0.5, 0.6) is 5.75 Å². The molecular weight excluding hydrogens is 270 g/mol. The molecule has 0 saturated carbocycles. The van der Waals surface area contributed by atoms with Crippen LogP contribution in [0.2, 0.25) is 0 Å². The molecule has 0 bridgehead atoms. The molecule has 0 atom stereocenters. The fourth-order valence-electron chi connectivity index (χ4n) is 2.06. The van der Waals surface area contributed by atoms with Crippen LogP contribution in [0.15, 0.2) is 59.0 Å². The summed E-state index contributed by atoms with van der Waals surface area (Å²) in [5.74, 6) is 1.04. The van der Waals surface area contributed by atoms with E-state index in [1.165, 1.54) is 0 Å². The number of rotatable bonds is 4. The predicted octanol–water partition coefficient (Wildman–Crippen LogP) is 3.65. The summed E-state index contributed by atoms with van der Waals surface area (Å²) in [6.45, 7) is 0.444. The van der Waals surface area contributed by atoms with Gasteiger partial charge in [-0.05, 0) is 17.7 Å². The number of furan rings is 1. The molecule has 2 N–H and O–H groups in total.